The standard InChI is InChI=1S/C15H18F4.C9H7N3O2/c1-3-11-8-10(6-7-15(11,18)19)12-4-5-13(16)14(17)9(12)2;10-9(14)8-7-5(1-3-12-8)11-4-2-6(7)13/h4-5,10-11H,3,6-8H2,1-2H3;1-4H,(H2,10,14)(H,11,13). The fourth-order valence-corrected chi connectivity index (χ4v) is 4.37. The van der Waals surface area contributed by atoms with Gasteiger partial charge in [-0.1, -0.05) is 13.0 Å². The van der Waals surface area contributed by atoms with Gasteiger partial charge in [-0.25, -0.2) is 17.6 Å². The van der Waals surface area contributed by atoms with E-state index in [0.717, 1.165) is 6.07 Å². The second-order valence-electron chi connectivity index (χ2n) is 8.20. The maximum Gasteiger partial charge on any atom is 0.268 e. The van der Waals surface area contributed by atoms with Gasteiger partial charge >= 0.3 is 0 Å². The first-order valence-corrected chi connectivity index (χ1v) is 10.6. The Hall–Kier alpha value is -3.23. The van der Waals surface area contributed by atoms with Crippen LogP contribution in [0.1, 0.15) is 60.1 Å². The van der Waals surface area contributed by atoms with Gasteiger partial charge in [0, 0.05) is 30.8 Å². The Labute approximate surface area is 188 Å². The van der Waals surface area contributed by atoms with Crippen LogP contribution in [-0.4, -0.2) is 21.8 Å². The zero-order valence-electron chi connectivity index (χ0n) is 18.3. The van der Waals surface area contributed by atoms with Crippen LogP contribution in [0.4, 0.5) is 17.6 Å². The van der Waals surface area contributed by atoms with Crippen molar-refractivity contribution in [2.24, 2.45) is 11.7 Å². The molecule has 33 heavy (non-hydrogen) atoms. The third kappa shape index (κ3) is 5.07. The van der Waals surface area contributed by atoms with Crippen LogP contribution in [0, 0.1) is 24.5 Å². The Bertz CT molecular complexity index is 1220. The number of pyridine rings is 2. The first-order valence-electron chi connectivity index (χ1n) is 10.6. The molecule has 2 aromatic heterocycles. The minimum Gasteiger partial charge on any atom is -0.364 e. The molecule has 0 radical (unpaired) electrons. The zero-order valence-corrected chi connectivity index (χ0v) is 18.3. The third-order valence-corrected chi connectivity index (χ3v) is 6.21. The van der Waals surface area contributed by atoms with Gasteiger partial charge in [0.2, 0.25) is 0 Å². The van der Waals surface area contributed by atoms with Crippen molar-refractivity contribution >= 4 is 16.8 Å². The van der Waals surface area contributed by atoms with E-state index in [2.05, 4.69) is 9.97 Å². The van der Waals surface area contributed by atoms with E-state index in [1.807, 2.05) is 0 Å². The number of carbonyl (C=O) groups excluding carboxylic acids is 1. The molecule has 0 bridgehead atoms. The first-order chi connectivity index (χ1) is 15.6. The highest BCUT2D eigenvalue weighted by Crippen LogP contribution is 2.47. The summed E-state index contributed by atoms with van der Waals surface area (Å²) in [5.74, 6) is -5.83. The molecule has 9 heteroatoms. The third-order valence-electron chi connectivity index (χ3n) is 6.21. The Morgan fingerprint density at radius 3 is 2.64 bits per heavy atom. The Balaban J connectivity index is 0.000000194. The molecule has 3 N–H and O–H groups in total. The van der Waals surface area contributed by atoms with E-state index in [-0.39, 0.29) is 34.4 Å². The number of carbonyl (C=O) groups is 1. The average Bonchev–Trinajstić information content (AvgIpc) is 2.78. The Morgan fingerprint density at radius 1 is 1.24 bits per heavy atom. The van der Waals surface area contributed by atoms with Gasteiger partial charge < -0.3 is 10.7 Å². The topological polar surface area (TPSA) is 88.8 Å². The number of aromatic amines is 1. The molecule has 2 unspecified atom stereocenters. The summed E-state index contributed by atoms with van der Waals surface area (Å²) in [5.41, 5.74) is 6.32. The summed E-state index contributed by atoms with van der Waals surface area (Å²) in [6, 6.07) is 5.57. The maximum absolute atomic E-state index is 13.7. The molecule has 0 aliphatic heterocycles. The molecular weight excluding hydrogens is 438 g/mol. The SMILES string of the molecule is CCC1CC(c2ccc(F)c(F)c2C)CCC1(F)F.NC(=O)c1nccc2[nH]ccc(=O)c12. The van der Waals surface area contributed by atoms with E-state index in [1.54, 1.807) is 13.0 Å². The fraction of sp³-hybridized carbons (Fsp3) is 0.375. The predicted octanol–water partition coefficient (Wildman–Crippen LogP) is 5.22. The number of alkyl halides is 2. The number of halogens is 4. The van der Waals surface area contributed by atoms with Crippen LogP contribution in [-0.2, 0) is 0 Å². The zero-order chi connectivity index (χ0) is 24.3. The smallest absolute Gasteiger partial charge is 0.268 e. The lowest BCUT2D eigenvalue weighted by Crippen LogP contribution is -2.34. The molecule has 1 amide bonds. The quantitative estimate of drug-likeness (QED) is 0.522. The van der Waals surface area contributed by atoms with Gasteiger partial charge in [-0.3, -0.25) is 14.6 Å². The van der Waals surface area contributed by atoms with Crippen molar-refractivity contribution in [3.63, 3.8) is 0 Å². The number of nitrogens with zero attached hydrogens (tertiary/aromatic N) is 1. The number of amides is 1. The van der Waals surface area contributed by atoms with E-state index in [1.165, 1.54) is 31.5 Å². The molecular formula is C24H25F4N3O2. The number of nitrogens with one attached hydrogen (secondary N) is 1. The molecule has 0 saturated heterocycles. The Morgan fingerprint density at radius 2 is 1.97 bits per heavy atom. The highest BCUT2D eigenvalue weighted by molar-refractivity contribution is 6.03. The minimum atomic E-state index is -2.63. The number of primary amides is 1. The number of benzene rings is 1. The normalized spacial score (nSPS) is 19.6. The lowest BCUT2D eigenvalue weighted by molar-refractivity contribution is -0.0911. The van der Waals surface area contributed by atoms with Crippen LogP contribution in [0.5, 0.6) is 0 Å². The van der Waals surface area contributed by atoms with Gasteiger partial charge in [0.1, 0.15) is 5.69 Å². The van der Waals surface area contributed by atoms with E-state index in [9.17, 15) is 27.2 Å². The number of fused-ring (bicyclic) bond motifs is 1. The van der Waals surface area contributed by atoms with E-state index in [4.69, 9.17) is 5.73 Å². The van der Waals surface area contributed by atoms with Crippen LogP contribution in [0.15, 0.2) is 41.5 Å². The van der Waals surface area contributed by atoms with Gasteiger partial charge in [0.15, 0.2) is 17.1 Å². The van der Waals surface area contributed by atoms with Gasteiger partial charge in [-0.05, 0) is 55.4 Å². The lowest BCUT2D eigenvalue weighted by Gasteiger charge is -2.36. The highest BCUT2D eigenvalue weighted by atomic mass is 19.3. The molecule has 4 rings (SSSR count). The fourth-order valence-electron chi connectivity index (χ4n) is 4.37. The summed E-state index contributed by atoms with van der Waals surface area (Å²) in [6.45, 7) is 3.26. The van der Waals surface area contributed by atoms with Gasteiger partial charge in [0.25, 0.3) is 11.8 Å². The number of H-pyrrole nitrogens is 1. The summed E-state index contributed by atoms with van der Waals surface area (Å²) in [7, 11) is 0. The van der Waals surface area contributed by atoms with Gasteiger partial charge in [0.05, 0.1) is 10.9 Å². The van der Waals surface area contributed by atoms with Crippen molar-refractivity contribution in [2.45, 2.75) is 51.4 Å². The van der Waals surface area contributed by atoms with Crippen molar-refractivity contribution in [1.29, 1.82) is 0 Å². The summed E-state index contributed by atoms with van der Waals surface area (Å²) in [6.07, 6.45) is 3.85. The van der Waals surface area contributed by atoms with Crippen molar-refractivity contribution in [3.8, 4) is 0 Å². The lowest BCUT2D eigenvalue weighted by atomic mass is 9.74. The van der Waals surface area contributed by atoms with Crippen molar-refractivity contribution < 1.29 is 22.4 Å². The number of aromatic nitrogens is 2. The summed E-state index contributed by atoms with van der Waals surface area (Å²) < 4.78 is 54.0. The molecule has 1 aromatic carbocycles. The van der Waals surface area contributed by atoms with Crippen LogP contribution in [0.2, 0.25) is 0 Å². The predicted molar refractivity (Wildman–Crippen MR) is 117 cm³/mol. The molecule has 1 saturated carbocycles. The second kappa shape index (κ2) is 9.72. The number of nitrogens with two attached hydrogens (primary N) is 1. The van der Waals surface area contributed by atoms with Gasteiger partial charge in [-0.2, -0.15) is 0 Å². The van der Waals surface area contributed by atoms with Crippen LogP contribution in [0.25, 0.3) is 10.9 Å². The monoisotopic (exact) mass is 463 g/mol. The minimum absolute atomic E-state index is 0.00403. The van der Waals surface area contributed by atoms with E-state index in [0.29, 0.717) is 30.3 Å². The van der Waals surface area contributed by atoms with Gasteiger partial charge in [-0.15, -0.1) is 0 Å². The summed E-state index contributed by atoms with van der Waals surface area (Å²) in [4.78, 5) is 29.0. The number of hydrogen-bond acceptors (Lipinski definition) is 3. The van der Waals surface area contributed by atoms with Crippen molar-refractivity contribution in [1.82, 2.24) is 9.97 Å². The Kier molecular flexibility index (Phi) is 7.19. The van der Waals surface area contributed by atoms with Crippen LogP contribution in [0.3, 0.4) is 0 Å². The van der Waals surface area contributed by atoms with Crippen molar-refractivity contribution in [2.75, 3.05) is 0 Å². The first kappa shape index (κ1) is 24.4. The molecule has 1 fully saturated rings. The second-order valence-corrected chi connectivity index (χ2v) is 8.20. The molecule has 2 heterocycles. The highest BCUT2D eigenvalue weighted by Gasteiger charge is 2.44. The molecule has 1 aliphatic rings. The molecule has 0 spiro atoms. The molecule has 176 valence electrons. The molecule has 1 aliphatic carbocycles. The van der Waals surface area contributed by atoms with E-state index < -0.39 is 29.4 Å². The summed E-state index contributed by atoms with van der Waals surface area (Å²) in [5, 5.41) is 0.238. The average molecular weight is 463 g/mol. The molecule has 2 atom stereocenters. The van der Waals surface area contributed by atoms with Crippen LogP contribution >= 0.6 is 0 Å². The molecule has 5 nitrogen and oxygen atoms in total. The number of hydrogen-bond donors (Lipinski definition) is 2. The molecule has 3 aromatic rings. The maximum atomic E-state index is 13.7. The van der Waals surface area contributed by atoms with E-state index >= 15 is 0 Å². The van der Waals surface area contributed by atoms with Crippen LogP contribution < -0.4 is 11.2 Å². The summed E-state index contributed by atoms with van der Waals surface area (Å²) >= 11 is 0. The number of rotatable bonds is 3. The van der Waals surface area contributed by atoms with Crippen molar-refractivity contribution in [3.05, 3.63) is 75.3 Å². The largest absolute Gasteiger partial charge is 0.364 e.